The summed E-state index contributed by atoms with van der Waals surface area (Å²) in [5, 5.41) is 3.48. The van der Waals surface area contributed by atoms with E-state index in [0.29, 0.717) is 30.1 Å². The van der Waals surface area contributed by atoms with Crippen LogP contribution in [-0.4, -0.2) is 31.3 Å². The molecule has 0 radical (unpaired) electrons. The number of nitrogens with one attached hydrogen (secondary N) is 1. The molecule has 0 bridgehead atoms. The number of hydrogen-bond acceptors (Lipinski definition) is 3. The highest BCUT2D eigenvalue weighted by molar-refractivity contribution is 14.0. The zero-order valence-electron chi connectivity index (χ0n) is 14.7. The average Bonchev–Trinajstić information content (AvgIpc) is 2.52. The number of aliphatic imine (C=N–C) groups is 1. The van der Waals surface area contributed by atoms with Crippen LogP contribution in [0.15, 0.2) is 29.3 Å². The van der Waals surface area contributed by atoms with Crippen LogP contribution in [0.2, 0.25) is 0 Å². The fraction of sp³-hybridized carbons (Fsp3) is 0.632. The van der Waals surface area contributed by atoms with Gasteiger partial charge in [-0.15, -0.1) is 24.0 Å². The van der Waals surface area contributed by atoms with Gasteiger partial charge in [-0.05, 0) is 32.3 Å². The molecule has 0 amide bonds. The zero-order valence-corrected chi connectivity index (χ0v) is 17.1. The van der Waals surface area contributed by atoms with Crippen LogP contribution in [0.25, 0.3) is 0 Å². The molecule has 138 valence electrons. The Morgan fingerprint density at radius 3 is 2.92 bits per heavy atom. The molecular weight excluding hydrogens is 429 g/mol. The lowest BCUT2D eigenvalue weighted by Crippen LogP contribution is -2.68. The van der Waals surface area contributed by atoms with Gasteiger partial charge in [0.2, 0.25) is 0 Å². The predicted molar refractivity (Wildman–Crippen MR) is 110 cm³/mol. The quantitative estimate of drug-likeness (QED) is 0.413. The van der Waals surface area contributed by atoms with Crippen LogP contribution in [0.5, 0.6) is 5.75 Å². The van der Waals surface area contributed by atoms with E-state index in [2.05, 4.69) is 18.3 Å². The van der Waals surface area contributed by atoms with Gasteiger partial charge in [0.05, 0.1) is 18.8 Å². The molecule has 2 saturated carbocycles. The maximum Gasteiger partial charge on any atom is 0.189 e. The second-order valence-electron chi connectivity index (χ2n) is 7.17. The van der Waals surface area contributed by atoms with Crippen LogP contribution in [-0.2, 0) is 4.74 Å². The Bertz CT molecular complexity index is 633. The van der Waals surface area contributed by atoms with Crippen molar-refractivity contribution < 1.29 is 9.47 Å². The summed E-state index contributed by atoms with van der Waals surface area (Å²) in [6, 6.07) is 8.60. The Hall–Kier alpha value is -1.02. The van der Waals surface area contributed by atoms with Gasteiger partial charge in [-0.25, -0.2) is 4.99 Å². The molecule has 1 aromatic rings. The zero-order chi connectivity index (χ0) is 16.6. The molecule has 25 heavy (non-hydrogen) atoms. The van der Waals surface area contributed by atoms with Gasteiger partial charge in [-0.3, -0.25) is 0 Å². The molecule has 6 heteroatoms. The molecule has 3 aliphatic rings. The van der Waals surface area contributed by atoms with Crippen molar-refractivity contribution in [2.24, 2.45) is 16.1 Å². The van der Waals surface area contributed by atoms with Crippen LogP contribution >= 0.6 is 24.0 Å². The molecule has 1 aromatic carbocycles. The number of halogens is 1. The average molecular weight is 457 g/mol. The molecule has 1 heterocycles. The molecule has 3 unspecified atom stereocenters. The smallest absolute Gasteiger partial charge is 0.189 e. The molecule has 4 rings (SSSR count). The highest BCUT2D eigenvalue weighted by atomic mass is 127. The second-order valence-corrected chi connectivity index (χ2v) is 7.17. The predicted octanol–water partition coefficient (Wildman–Crippen LogP) is 3.38. The van der Waals surface area contributed by atoms with Crippen LogP contribution < -0.4 is 15.8 Å². The number of fused-ring (bicyclic) bond motifs is 1. The van der Waals surface area contributed by atoms with Gasteiger partial charge < -0.3 is 20.5 Å². The van der Waals surface area contributed by atoms with Crippen LogP contribution in [0.4, 0.5) is 0 Å². The second kappa shape index (κ2) is 7.70. The van der Waals surface area contributed by atoms with Crippen molar-refractivity contribution in [3.63, 3.8) is 0 Å². The van der Waals surface area contributed by atoms with E-state index in [1.807, 2.05) is 18.2 Å². The molecule has 2 fully saturated rings. The van der Waals surface area contributed by atoms with E-state index < -0.39 is 0 Å². The Balaban J connectivity index is 0.00000182. The number of nitrogens with two attached hydrogens (primary N) is 1. The fourth-order valence-corrected chi connectivity index (χ4v) is 4.48. The first-order valence-electron chi connectivity index (χ1n) is 9.16. The number of para-hydroxylation sites is 1. The highest BCUT2D eigenvalue weighted by Crippen LogP contribution is 2.57. The lowest BCUT2D eigenvalue weighted by Gasteiger charge is -2.61. The minimum atomic E-state index is 0. The van der Waals surface area contributed by atoms with Crippen molar-refractivity contribution in [1.29, 1.82) is 0 Å². The lowest BCUT2D eigenvalue weighted by molar-refractivity contribution is -0.168. The molecule has 5 nitrogen and oxygen atoms in total. The van der Waals surface area contributed by atoms with E-state index in [1.54, 1.807) is 0 Å². The van der Waals surface area contributed by atoms with Crippen molar-refractivity contribution in [2.75, 3.05) is 13.2 Å². The van der Waals surface area contributed by atoms with Gasteiger partial charge in [0.15, 0.2) is 5.96 Å². The summed E-state index contributed by atoms with van der Waals surface area (Å²) in [4.78, 5) is 4.76. The van der Waals surface area contributed by atoms with Gasteiger partial charge >= 0.3 is 0 Å². The van der Waals surface area contributed by atoms with Crippen LogP contribution in [0.3, 0.4) is 0 Å². The van der Waals surface area contributed by atoms with Gasteiger partial charge in [-0.2, -0.15) is 0 Å². The number of benzene rings is 1. The fourth-order valence-electron chi connectivity index (χ4n) is 4.48. The van der Waals surface area contributed by atoms with E-state index in [-0.39, 0.29) is 30.0 Å². The van der Waals surface area contributed by atoms with Gasteiger partial charge in [0.1, 0.15) is 5.75 Å². The van der Waals surface area contributed by atoms with Crippen molar-refractivity contribution in [3.05, 3.63) is 29.8 Å². The third-order valence-corrected chi connectivity index (χ3v) is 5.98. The van der Waals surface area contributed by atoms with Gasteiger partial charge in [0.25, 0.3) is 0 Å². The number of nitrogens with zero attached hydrogens (tertiary/aromatic N) is 1. The van der Waals surface area contributed by atoms with E-state index in [9.17, 15) is 0 Å². The molecule has 3 N–H and O–H groups in total. The molecule has 0 aromatic heterocycles. The third kappa shape index (κ3) is 3.35. The molecule has 1 spiro atoms. The molecule has 2 aliphatic carbocycles. The van der Waals surface area contributed by atoms with Crippen molar-refractivity contribution >= 4 is 29.9 Å². The number of hydrogen-bond donors (Lipinski definition) is 2. The van der Waals surface area contributed by atoms with Crippen molar-refractivity contribution in [1.82, 2.24) is 5.32 Å². The lowest BCUT2D eigenvalue weighted by atomic mass is 9.51. The Labute approximate surface area is 166 Å². The third-order valence-electron chi connectivity index (χ3n) is 5.98. The van der Waals surface area contributed by atoms with Crippen LogP contribution in [0.1, 0.15) is 50.6 Å². The minimum Gasteiger partial charge on any atom is -0.493 e. The monoisotopic (exact) mass is 457 g/mol. The molecule has 1 aliphatic heterocycles. The van der Waals surface area contributed by atoms with E-state index in [0.717, 1.165) is 30.8 Å². The highest BCUT2D eigenvalue weighted by Gasteiger charge is 2.59. The van der Waals surface area contributed by atoms with E-state index >= 15 is 0 Å². The summed E-state index contributed by atoms with van der Waals surface area (Å²) >= 11 is 0. The molecule has 0 saturated heterocycles. The van der Waals surface area contributed by atoms with Gasteiger partial charge in [-0.1, -0.05) is 24.6 Å². The molecular formula is C19H28IN3O2. The topological polar surface area (TPSA) is 68.9 Å². The number of rotatable bonds is 4. The Morgan fingerprint density at radius 2 is 2.20 bits per heavy atom. The minimum absolute atomic E-state index is 0. The van der Waals surface area contributed by atoms with E-state index in [1.165, 1.54) is 19.3 Å². The molecule has 3 atom stereocenters. The summed E-state index contributed by atoms with van der Waals surface area (Å²) in [5.41, 5.74) is 7.68. The van der Waals surface area contributed by atoms with Gasteiger partial charge in [0, 0.05) is 30.0 Å². The maximum atomic E-state index is 6.25. The largest absolute Gasteiger partial charge is 0.493 e. The summed E-state index contributed by atoms with van der Waals surface area (Å²) < 4.78 is 11.6. The summed E-state index contributed by atoms with van der Waals surface area (Å²) in [5.74, 6) is 1.49. The summed E-state index contributed by atoms with van der Waals surface area (Å²) in [7, 11) is 0. The first-order chi connectivity index (χ1) is 11.7. The van der Waals surface area contributed by atoms with Crippen molar-refractivity contribution in [3.8, 4) is 5.75 Å². The Morgan fingerprint density at radius 1 is 1.40 bits per heavy atom. The number of guanidine groups is 1. The van der Waals surface area contributed by atoms with E-state index in [4.69, 9.17) is 20.2 Å². The number of ether oxygens (including phenoxy) is 2. The maximum absolute atomic E-state index is 6.25. The standard InChI is InChI=1S/C19H27N3O2.HI/c1-2-23-17-12-16(19(17)9-5-10-19)22-18(20)21-14-8-11-24-15-7-4-3-6-13(14)15;/h3-4,6-7,14,16-17H,2,5,8-12H2,1H3,(H3,20,21,22);1H. The van der Waals surface area contributed by atoms with Crippen molar-refractivity contribution in [2.45, 2.75) is 57.2 Å². The first-order valence-corrected chi connectivity index (χ1v) is 9.16. The summed E-state index contributed by atoms with van der Waals surface area (Å²) in [6.07, 6.45) is 6.08. The Kier molecular flexibility index (Phi) is 5.78. The SMILES string of the molecule is CCOC1CC(NC(N)=NC2CCOc3ccccc32)C12CCC2.I. The summed E-state index contributed by atoms with van der Waals surface area (Å²) in [6.45, 7) is 3.56. The first kappa shape index (κ1) is 18.8. The van der Waals surface area contributed by atoms with Crippen LogP contribution in [0, 0.1) is 5.41 Å². The normalized spacial score (nSPS) is 29.5.